The van der Waals surface area contributed by atoms with Crippen molar-refractivity contribution in [2.75, 3.05) is 45.4 Å². The van der Waals surface area contributed by atoms with Crippen molar-refractivity contribution in [3.8, 4) is 0 Å². The van der Waals surface area contributed by atoms with E-state index >= 15 is 0 Å². The number of anilines is 2. The number of halogens is 2. The van der Waals surface area contributed by atoms with Crippen molar-refractivity contribution in [1.82, 2.24) is 4.98 Å². The molecule has 3 fully saturated rings. The molecule has 3 N–H and O–H groups in total. The molecule has 1 heterocycles. The zero-order valence-corrected chi connectivity index (χ0v) is 39.5. The predicted octanol–water partition coefficient (Wildman–Crippen LogP) is 12.8. The van der Waals surface area contributed by atoms with E-state index in [-0.39, 0.29) is 11.8 Å². The summed E-state index contributed by atoms with van der Waals surface area (Å²) in [5, 5.41) is 7.70. The van der Waals surface area contributed by atoms with Crippen molar-refractivity contribution in [1.29, 1.82) is 0 Å². The van der Waals surface area contributed by atoms with Crippen LogP contribution in [0.5, 0.6) is 0 Å². The number of fused-ring (bicyclic) bond motifs is 4. The number of hydrogen-bond acceptors (Lipinski definition) is 2. The average Bonchev–Trinajstić information content (AvgIpc) is 3.95. The Morgan fingerprint density at radius 2 is 1.42 bits per heavy atom. The summed E-state index contributed by atoms with van der Waals surface area (Å²) >= 11 is 9.59. The lowest BCUT2D eigenvalue weighted by molar-refractivity contribution is -0.929. The van der Waals surface area contributed by atoms with Crippen molar-refractivity contribution in [3.05, 3.63) is 134 Å². The molecule has 62 heavy (non-hydrogen) atoms. The third-order valence-corrected chi connectivity index (χ3v) is 15.0. The highest BCUT2D eigenvalue weighted by atomic mass is 79.9. The van der Waals surface area contributed by atoms with Crippen LogP contribution in [-0.2, 0) is 24.3 Å². The van der Waals surface area contributed by atoms with Crippen LogP contribution in [0, 0.1) is 17.8 Å². The second-order valence-electron chi connectivity index (χ2n) is 20.0. The maximum atomic E-state index is 12.9. The van der Waals surface area contributed by atoms with E-state index in [1.54, 1.807) is 0 Å². The molecule has 9 rings (SSSR count). The van der Waals surface area contributed by atoms with Gasteiger partial charge in [-0.1, -0.05) is 70.7 Å². The van der Waals surface area contributed by atoms with Gasteiger partial charge in [0.2, 0.25) is 0 Å². The van der Waals surface area contributed by atoms with Gasteiger partial charge in [0.25, 0.3) is 11.8 Å². The zero-order valence-electron chi connectivity index (χ0n) is 37.1. The van der Waals surface area contributed by atoms with Crippen LogP contribution in [0.25, 0.3) is 17.0 Å². The number of hydrogen-bond donors (Lipinski definition) is 3. The highest BCUT2D eigenvalue weighted by molar-refractivity contribution is 9.10. The van der Waals surface area contributed by atoms with Gasteiger partial charge in [0.05, 0.1) is 40.8 Å². The fraction of sp³-hybridized carbons (Fsp3) is 0.434. The summed E-state index contributed by atoms with van der Waals surface area (Å²) in [4.78, 5) is 28.8. The topological polar surface area (TPSA) is 74.0 Å². The molecule has 3 unspecified atom stereocenters. The highest BCUT2D eigenvalue weighted by Gasteiger charge is 2.42. The van der Waals surface area contributed by atoms with Crippen LogP contribution >= 0.6 is 27.5 Å². The second-order valence-corrected chi connectivity index (χ2v) is 21.4. The number of aromatic amines is 1. The molecule has 0 radical (unpaired) electrons. The third kappa shape index (κ3) is 11.3. The summed E-state index contributed by atoms with van der Waals surface area (Å²) in [6.45, 7) is 3.32. The van der Waals surface area contributed by atoms with Crippen LogP contribution in [0.3, 0.4) is 0 Å². The molecule has 4 aliphatic carbocycles. The van der Waals surface area contributed by atoms with E-state index in [9.17, 15) is 9.59 Å². The number of amides is 2. The molecule has 326 valence electrons. The third-order valence-electron chi connectivity index (χ3n) is 14.2. The molecular formula is C53H65BrClN5O2+2. The molecule has 1 aromatic heterocycles. The quantitative estimate of drug-likeness (QED) is 0.116. The van der Waals surface area contributed by atoms with Crippen LogP contribution in [-0.4, -0.2) is 66.5 Å². The van der Waals surface area contributed by atoms with Crippen LogP contribution in [0.4, 0.5) is 11.4 Å². The van der Waals surface area contributed by atoms with E-state index in [4.69, 9.17) is 11.6 Å². The van der Waals surface area contributed by atoms with E-state index < -0.39 is 0 Å². The van der Waals surface area contributed by atoms with Gasteiger partial charge in [-0.25, -0.2) is 0 Å². The van der Waals surface area contributed by atoms with Gasteiger partial charge in [-0.2, -0.15) is 0 Å². The summed E-state index contributed by atoms with van der Waals surface area (Å²) in [6, 6.07) is 31.2. The maximum Gasteiger partial charge on any atom is 0.272 e. The molecule has 3 atom stereocenters. The molecule has 7 nitrogen and oxygen atoms in total. The fourth-order valence-corrected chi connectivity index (χ4v) is 11.6. The summed E-state index contributed by atoms with van der Waals surface area (Å²) in [7, 11) is 9.43. The summed E-state index contributed by atoms with van der Waals surface area (Å²) < 4.78 is 3.12. The summed E-state index contributed by atoms with van der Waals surface area (Å²) in [5.74, 6) is 2.75. The first-order valence-electron chi connectivity index (χ1n) is 23.0. The average molecular weight is 919 g/mol. The Hall–Kier alpha value is -4.21. The minimum Gasteiger partial charge on any atom is -0.351 e. The Bertz CT molecular complexity index is 2400. The molecule has 2 amide bonds. The lowest BCUT2D eigenvalue weighted by Crippen LogP contribution is -2.48. The molecule has 3 saturated carbocycles. The van der Waals surface area contributed by atoms with Crippen molar-refractivity contribution >= 4 is 67.7 Å². The first kappa shape index (κ1) is 44.4. The lowest BCUT2D eigenvalue weighted by Gasteiger charge is -2.40. The number of benzene rings is 4. The summed E-state index contributed by atoms with van der Waals surface area (Å²) in [6.07, 6.45) is 17.5. The van der Waals surface area contributed by atoms with E-state index in [1.165, 1.54) is 81.0 Å². The van der Waals surface area contributed by atoms with Gasteiger partial charge in [0, 0.05) is 54.4 Å². The molecular weight excluding hydrogens is 854 g/mol. The Kier molecular flexibility index (Phi) is 13.8. The summed E-state index contributed by atoms with van der Waals surface area (Å²) in [5.41, 5.74) is 9.08. The van der Waals surface area contributed by atoms with Crippen molar-refractivity contribution in [2.24, 2.45) is 17.8 Å². The van der Waals surface area contributed by atoms with Gasteiger partial charge in [-0.3, -0.25) is 9.59 Å². The smallest absolute Gasteiger partial charge is 0.272 e. The second kappa shape index (κ2) is 19.3. The number of aromatic nitrogens is 1. The number of carbonyl (C=O) groups is 2. The number of H-pyrrole nitrogens is 1. The fourth-order valence-electron chi connectivity index (χ4n) is 11.0. The number of aryl methyl sites for hydroxylation is 1. The van der Waals surface area contributed by atoms with Crippen molar-refractivity contribution in [2.45, 2.75) is 96.2 Å². The molecule has 5 aromatic rings. The first-order valence-corrected chi connectivity index (χ1v) is 24.1. The molecule has 2 bridgehead atoms. The van der Waals surface area contributed by atoms with Gasteiger partial charge in [-0.15, -0.1) is 0 Å². The van der Waals surface area contributed by atoms with Crippen molar-refractivity contribution in [3.63, 3.8) is 0 Å². The minimum absolute atomic E-state index is 0.0129. The Labute approximate surface area is 382 Å². The molecule has 0 saturated heterocycles. The van der Waals surface area contributed by atoms with Crippen LogP contribution in [0.1, 0.15) is 103 Å². The van der Waals surface area contributed by atoms with E-state index in [0.717, 1.165) is 103 Å². The maximum absolute atomic E-state index is 12.9. The standard InChI is InChI=1S/C27H33BrN2O.C26H30ClN3O/c1-30(2,26-9-4-3-5-10-26)19-20-11-15-25(16-12-20)29-27(31)22-8-6-7-21-13-14-24(28)18-23(21)17-22;1-30(2,16-21-12-18-3-6-19(21)11-18)15-17-4-8-23(9-5-17)28-26(31)25-14-20-13-22(27)7-10-24(20)29-25/h11-18,26H,3-10,19H2,1-2H3;4-5,7-10,13-14,18-19,21H,3,6,11-12,15-16H2,1-2H3,(H-,28,29,31)/p+2. The molecule has 0 spiro atoms. The number of nitrogens with zero attached hydrogens (tertiary/aromatic N) is 2. The van der Waals surface area contributed by atoms with Crippen molar-refractivity contribution < 1.29 is 18.6 Å². The molecule has 9 heteroatoms. The van der Waals surface area contributed by atoms with Crippen LogP contribution < -0.4 is 10.6 Å². The Morgan fingerprint density at radius 3 is 2.10 bits per heavy atom. The van der Waals surface area contributed by atoms with Gasteiger partial charge >= 0.3 is 0 Å². The van der Waals surface area contributed by atoms with Gasteiger partial charge in [-0.05, 0) is 154 Å². The van der Waals surface area contributed by atoms with E-state index in [0.29, 0.717) is 10.7 Å². The Morgan fingerprint density at radius 1 is 0.726 bits per heavy atom. The van der Waals surface area contributed by atoms with Gasteiger partial charge in [0.15, 0.2) is 0 Å². The molecule has 4 aromatic carbocycles. The Balaban J connectivity index is 0.000000171. The number of carbonyl (C=O) groups excluding carboxylic acids is 2. The van der Waals surface area contributed by atoms with Gasteiger partial charge in [0.1, 0.15) is 18.8 Å². The lowest BCUT2D eigenvalue weighted by atomic mass is 9.88. The van der Waals surface area contributed by atoms with Crippen LogP contribution in [0.2, 0.25) is 5.02 Å². The first-order chi connectivity index (χ1) is 29.7. The SMILES string of the molecule is C[N+](C)(Cc1ccc(NC(=O)C2=Cc3cc(Br)ccc3CCC2)cc1)C1CCCCC1.C[N+](C)(Cc1ccc(NC(=O)c2cc3cc(Cl)ccc3[nH]2)cc1)CC1CC2CCC1C2. The monoisotopic (exact) mass is 917 g/mol. The number of nitrogens with one attached hydrogen (secondary N) is 3. The predicted molar refractivity (Wildman–Crippen MR) is 260 cm³/mol. The van der Waals surface area contributed by atoms with Gasteiger partial charge < -0.3 is 24.6 Å². The van der Waals surface area contributed by atoms with E-state index in [2.05, 4.69) is 120 Å². The normalized spacial score (nSPS) is 20.2. The largest absolute Gasteiger partial charge is 0.351 e. The minimum atomic E-state index is -0.146. The molecule has 0 aliphatic heterocycles. The number of quaternary nitrogens is 2. The van der Waals surface area contributed by atoms with E-state index in [1.807, 2.05) is 36.4 Å². The van der Waals surface area contributed by atoms with Crippen LogP contribution in [0.15, 0.2) is 101 Å². The molecule has 4 aliphatic rings. The zero-order chi connectivity index (χ0) is 43.4. The number of rotatable bonds is 11. The highest BCUT2D eigenvalue weighted by Crippen LogP contribution is 2.49.